The summed E-state index contributed by atoms with van der Waals surface area (Å²) in [6.07, 6.45) is 0. The monoisotopic (exact) mass is 293 g/mol. The minimum absolute atomic E-state index is 0.0268. The van der Waals surface area contributed by atoms with Crippen LogP contribution in [0.3, 0.4) is 0 Å². The van der Waals surface area contributed by atoms with Crippen LogP contribution in [-0.4, -0.2) is 43.2 Å². The predicted molar refractivity (Wildman–Crippen MR) is 87.3 cm³/mol. The van der Waals surface area contributed by atoms with Gasteiger partial charge in [0.2, 0.25) is 0 Å². The van der Waals surface area contributed by atoms with Crippen LogP contribution in [0, 0.1) is 5.82 Å². The molecule has 21 heavy (non-hydrogen) atoms. The summed E-state index contributed by atoms with van der Waals surface area (Å²) in [5.41, 5.74) is 2.23. The summed E-state index contributed by atoms with van der Waals surface area (Å²) in [6.45, 7) is 12.3. The molecular weight excluding hydrogens is 265 g/mol. The zero-order valence-corrected chi connectivity index (χ0v) is 13.9. The summed E-state index contributed by atoms with van der Waals surface area (Å²) in [7, 11) is 2.16. The zero-order chi connectivity index (χ0) is 15.6. The van der Waals surface area contributed by atoms with Gasteiger partial charge in [-0.25, -0.2) is 4.39 Å². The maximum absolute atomic E-state index is 13.6. The maximum Gasteiger partial charge on any atom is 0.123 e. The SMILES string of the molecule is CC1CN(c2ccc(F)cc2CNC(C)(C)C)CCN1C. The molecule has 0 aromatic heterocycles. The van der Waals surface area contributed by atoms with Gasteiger partial charge in [-0.3, -0.25) is 0 Å². The molecule has 1 aromatic rings. The zero-order valence-electron chi connectivity index (χ0n) is 13.9. The molecule has 1 aliphatic heterocycles. The average Bonchev–Trinajstić information content (AvgIpc) is 2.39. The first-order valence-corrected chi connectivity index (χ1v) is 7.75. The lowest BCUT2D eigenvalue weighted by Gasteiger charge is -2.40. The summed E-state index contributed by atoms with van der Waals surface area (Å²) < 4.78 is 13.6. The van der Waals surface area contributed by atoms with Crippen molar-refractivity contribution in [3.63, 3.8) is 0 Å². The minimum Gasteiger partial charge on any atom is -0.368 e. The fraction of sp³-hybridized carbons (Fsp3) is 0.647. The Hall–Kier alpha value is -1.13. The molecule has 0 aliphatic carbocycles. The molecule has 1 aliphatic rings. The van der Waals surface area contributed by atoms with Crippen LogP contribution in [0.2, 0.25) is 0 Å². The second-order valence-corrected chi connectivity index (χ2v) is 7.15. The van der Waals surface area contributed by atoms with Crippen LogP contribution in [0.1, 0.15) is 33.3 Å². The molecule has 118 valence electrons. The van der Waals surface area contributed by atoms with E-state index in [9.17, 15) is 4.39 Å². The van der Waals surface area contributed by atoms with E-state index in [0.717, 1.165) is 30.9 Å². The smallest absolute Gasteiger partial charge is 0.123 e. The van der Waals surface area contributed by atoms with Crippen molar-refractivity contribution in [3.8, 4) is 0 Å². The first-order chi connectivity index (χ1) is 9.76. The summed E-state index contributed by atoms with van der Waals surface area (Å²) in [6, 6.07) is 5.68. The summed E-state index contributed by atoms with van der Waals surface area (Å²) in [4.78, 5) is 4.75. The number of hydrogen-bond acceptors (Lipinski definition) is 3. The van der Waals surface area contributed by atoms with E-state index in [-0.39, 0.29) is 11.4 Å². The van der Waals surface area contributed by atoms with Gasteiger partial charge < -0.3 is 15.1 Å². The Labute approximate surface area is 128 Å². The third-order valence-electron chi connectivity index (χ3n) is 4.15. The Morgan fingerprint density at radius 2 is 2.00 bits per heavy atom. The molecule has 3 nitrogen and oxygen atoms in total. The van der Waals surface area contributed by atoms with Crippen molar-refractivity contribution in [2.24, 2.45) is 0 Å². The van der Waals surface area contributed by atoms with Gasteiger partial charge in [0, 0.05) is 43.4 Å². The molecule has 1 fully saturated rings. The van der Waals surface area contributed by atoms with Crippen molar-refractivity contribution in [3.05, 3.63) is 29.6 Å². The van der Waals surface area contributed by atoms with Crippen molar-refractivity contribution < 1.29 is 4.39 Å². The minimum atomic E-state index is -0.161. The normalized spacial score (nSPS) is 20.9. The molecule has 0 bridgehead atoms. The van der Waals surface area contributed by atoms with Gasteiger partial charge in [-0.2, -0.15) is 0 Å². The lowest BCUT2D eigenvalue weighted by atomic mass is 10.1. The van der Waals surface area contributed by atoms with Gasteiger partial charge in [-0.1, -0.05) is 0 Å². The standard InChI is InChI=1S/C17H28FN3/c1-13-12-21(9-8-20(13)5)16-7-6-15(18)10-14(16)11-19-17(2,3)4/h6-7,10,13,19H,8-9,11-12H2,1-5H3. The van der Waals surface area contributed by atoms with Crippen molar-refractivity contribution in [1.29, 1.82) is 0 Å². The van der Waals surface area contributed by atoms with E-state index in [4.69, 9.17) is 0 Å². The molecule has 1 aromatic carbocycles. The largest absolute Gasteiger partial charge is 0.368 e. The predicted octanol–water partition coefficient (Wildman–Crippen LogP) is 2.85. The van der Waals surface area contributed by atoms with Crippen molar-refractivity contribution >= 4 is 5.69 Å². The van der Waals surface area contributed by atoms with E-state index in [1.165, 1.54) is 0 Å². The molecule has 1 N–H and O–H groups in total. The van der Waals surface area contributed by atoms with Gasteiger partial charge in [0.05, 0.1) is 0 Å². The van der Waals surface area contributed by atoms with Crippen molar-refractivity contribution in [1.82, 2.24) is 10.2 Å². The molecule has 2 rings (SSSR count). The Kier molecular flexibility index (Phi) is 4.89. The van der Waals surface area contributed by atoms with Crippen LogP contribution in [0.5, 0.6) is 0 Å². The molecule has 4 heteroatoms. The van der Waals surface area contributed by atoms with Crippen LogP contribution < -0.4 is 10.2 Å². The number of halogens is 1. The number of anilines is 1. The number of likely N-dealkylation sites (N-methyl/N-ethyl adjacent to an activating group) is 1. The number of piperazine rings is 1. The molecule has 0 saturated carbocycles. The third-order valence-corrected chi connectivity index (χ3v) is 4.15. The van der Waals surface area contributed by atoms with Crippen LogP contribution in [0.25, 0.3) is 0 Å². The lowest BCUT2D eigenvalue weighted by molar-refractivity contribution is 0.234. The molecular formula is C17H28FN3. The third kappa shape index (κ3) is 4.42. The van der Waals surface area contributed by atoms with Gasteiger partial charge >= 0.3 is 0 Å². The fourth-order valence-electron chi connectivity index (χ4n) is 2.63. The number of nitrogens with one attached hydrogen (secondary N) is 1. The molecule has 0 spiro atoms. The Bertz CT molecular complexity index is 481. The topological polar surface area (TPSA) is 18.5 Å². The first-order valence-electron chi connectivity index (χ1n) is 7.75. The average molecular weight is 293 g/mol. The summed E-state index contributed by atoms with van der Waals surface area (Å²) >= 11 is 0. The molecule has 0 amide bonds. The summed E-state index contributed by atoms with van der Waals surface area (Å²) in [5.74, 6) is -0.161. The fourth-order valence-corrected chi connectivity index (χ4v) is 2.63. The number of benzene rings is 1. The second-order valence-electron chi connectivity index (χ2n) is 7.15. The van der Waals surface area contributed by atoms with Crippen molar-refractivity contribution in [2.75, 3.05) is 31.6 Å². The lowest BCUT2D eigenvalue weighted by Crippen LogP contribution is -2.50. The number of rotatable bonds is 3. The Balaban J connectivity index is 2.18. The van der Waals surface area contributed by atoms with Gasteiger partial charge in [0.15, 0.2) is 0 Å². The van der Waals surface area contributed by atoms with Crippen LogP contribution in [0.4, 0.5) is 10.1 Å². The maximum atomic E-state index is 13.6. The highest BCUT2D eigenvalue weighted by Crippen LogP contribution is 2.25. The number of hydrogen-bond donors (Lipinski definition) is 1. The van der Waals surface area contributed by atoms with Gasteiger partial charge in [-0.15, -0.1) is 0 Å². The molecule has 1 unspecified atom stereocenters. The second kappa shape index (κ2) is 6.32. The van der Waals surface area contributed by atoms with E-state index >= 15 is 0 Å². The van der Waals surface area contributed by atoms with E-state index in [2.05, 4.69) is 49.9 Å². The van der Waals surface area contributed by atoms with E-state index in [0.29, 0.717) is 12.6 Å². The molecule has 1 atom stereocenters. The van der Waals surface area contributed by atoms with E-state index < -0.39 is 0 Å². The molecule has 0 radical (unpaired) electrons. The van der Waals surface area contributed by atoms with E-state index in [1.807, 2.05) is 6.07 Å². The van der Waals surface area contributed by atoms with Crippen LogP contribution in [-0.2, 0) is 6.54 Å². The molecule has 1 heterocycles. The van der Waals surface area contributed by atoms with Crippen LogP contribution in [0.15, 0.2) is 18.2 Å². The Morgan fingerprint density at radius 3 is 2.62 bits per heavy atom. The van der Waals surface area contributed by atoms with Gasteiger partial charge in [0.1, 0.15) is 5.82 Å². The van der Waals surface area contributed by atoms with Crippen molar-refractivity contribution in [2.45, 2.75) is 45.8 Å². The highest BCUT2D eigenvalue weighted by Gasteiger charge is 2.23. The number of nitrogens with zero attached hydrogens (tertiary/aromatic N) is 2. The molecule has 1 saturated heterocycles. The van der Waals surface area contributed by atoms with Gasteiger partial charge in [0.25, 0.3) is 0 Å². The van der Waals surface area contributed by atoms with E-state index in [1.54, 1.807) is 12.1 Å². The Morgan fingerprint density at radius 1 is 1.29 bits per heavy atom. The highest BCUT2D eigenvalue weighted by atomic mass is 19.1. The summed E-state index contributed by atoms with van der Waals surface area (Å²) in [5, 5.41) is 3.46. The first kappa shape index (κ1) is 16.2. The van der Waals surface area contributed by atoms with Crippen LogP contribution >= 0.6 is 0 Å². The quantitative estimate of drug-likeness (QED) is 0.924. The highest BCUT2D eigenvalue weighted by molar-refractivity contribution is 5.54. The van der Waals surface area contributed by atoms with Gasteiger partial charge in [-0.05, 0) is 58.5 Å².